The monoisotopic (exact) mass is 444 g/mol. The Morgan fingerprint density at radius 1 is 0.719 bits per heavy atom. The van der Waals surface area contributed by atoms with Crippen LogP contribution in [0.2, 0.25) is 0 Å². The van der Waals surface area contributed by atoms with Crippen molar-refractivity contribution in [3.8, 4) is 0 Å². The molecule has 0 spiro atoms. The summed E-state index contributed by atoms with van der Waals surface area (Å²) in [4.78, 5) is 0. The molecule has 0 bridgehead atoms. The molecule has 4 aliphatic carbocycles. The van der Waals surface area contributed by atoms with Crippen LogP contribution in [0.1, 0.15) is 127 Å². The summed E-state index contributed by atoms with van der Waals surface area (Å²) in [5, 5.41) is 10.8. The molecule has 0 heterocycles. The van der Waals surface area contributed by atoms with Crippen molar-refractivity contribution >= 4 is 0 Å². The molecule has 10 atom stereocenters. The second-order valence-electron chi connectivity index (χ2n) is 15.0. The van der Waals surface area contributed by atoms with Gasteiger partial charge in [0.05, 0.1) is 6.10 Å². The van der Waals surface area contributed by atoms with Gasteiger partial charge in [-0.05, 0) is 114 Å². The fourth-order valence-electron chi connectivity index (χ4n) is 10.5. The van der Waals surface area contributed by atoms with E-state index in [0.29, 0.717) is 22.2 Å². The Kier molecular flexibility index (Phi) is 6.48. The summed E-state index contributed by atoms with van der Waals surface area (Å²) < 4.78 is 0. The van der Waals surface area contributed by atoms with Gasteiger partial charge in [-0.2, -0.15) is 0 Å². The maximum atomic E-state index is 10.8. The molecule has 0 aromatic carbocycles. The van der Waals surface area contributed by atoms with E-state index in [-0.39, 0.29) is 11.5 Å². The van der Waals surface area contributed by atoms with Crippen LogP contribution in [-0.4, -0.2) is 11.2 Å². The van der Waals surface area contributed by atoms with Gasteiger partial charge in [0.15, 0.2) is 0 Å². The zero-order chi connectivity index (χ0) is 23.7. The Hall–Kier alpha value is -0.0400. The van der Waals surface area contributed by atoms with Gasteiger partial charge >= 0.3 is 0 Å². The first-order valence-corrected chi connectivity index (χ1v) is 14.5. The van der Waals surface area contributed by atoms with Gasteiger partial charge in [0.2, 0.25) is 0 Å². The normalized spacial score (nSPS) is 49.8. The van der Waals surface area contributed by atoms with E-state index in [1.54, 1.807) is 0 Å². The van der Waals surface area contributed by atoms with Crippen LogP contribution >= 0.6 is 0 Å². The molecule has 0 aromatic rings. The molecule has 1 nitrogen and oxygen atoms in total. The van der Waals surface area contributed by atoms with Crippen molar-refractivity contribution in [3.05, 3.63) is 0 Å². The fourth-order valence-corrected chi connectivity index (χ4v) is 10.5. The molecular weight excluding hydrogens is 388 g/mol. The van der Waals surface area contributed by atoms with E-state index in [1.165, 1.54) is 57.8 Å². The van der Waals surface area contributed by atoms with Crippen LogP contribution in [0.25, 0.3) is 0 Å². The molecule has 4 fully saturated rings. The Bertz CT molecular complexity index is 680. The van der Waals surface area contributed by atoms with Crippen LogP contribution in [0.3, 0.4) is 0 Å². The number of hydrogen-bond acceptors (Lipinski definition) is 1. The zero-order valence-electron chi connectivity index (χ0n) is 23.1. The first-order valence-electron chi connectivity index (χ1n) is 14.5. The third kappa shape index (κ3) is 3.48. The lowest BCUT2D eigenvalue weighted by Crippen LogP contribution is -2.61. The third-order valence-corrected chi connectivity index (χ3v) is 13.4. The molecule has 0 aromatic heterocycles. The van der Waals surface area contributed by atoms with Gasteiger partial charge < -0.3 is 5.11 Å². The van der Waals surface area contributed by atoms with Crippen molar-refractivity contribution in [2.24, 2.45) is 63.1 Å². The van der Waals surface area contributed by atoms with Crippen molar-refractivity contribution in [3.63, 3.8) is 0 Å². The summed E-state index contributed by atoms with van der Waals surface area (Å²) in [5.41, 5.74) is 1.57. The molecular formula is C31H56O. The summed E-state index contributed by atoms with van der Waals surface area (Å²) in [6.45, 7) is 22.7. The second kappa shape index (κ2) is 8.27. The fraction of sp³-hybridized carbons (Fsp3) is 1.00. The number of aliphatic hydroxyl groups excluding tert-OH is 1. The lowest BCUT2D eigenvalue weighted by molar-refractivity contribution is -0.200. The molecule has 32 heavy (non-hydrogen) atoms. The van der Waals surface area contributed by atoms with Crippen molar-refractivity contribution in [1.82, 2.24) is 0 Å². The molecule has 0 saturated heterocycles. The Labute approximate surface area is 200 Å². The van der Waals surface area contributed by atoms with E-state index in [2.05, 4.69) is 62.3 Å². The van der Waals surface area contributed by atoms with Gasteiger partial charge in [-0.3, -0.25) is 0 Å². The molecule has 0 radical (unpaired) electrons. The third-order valence-electron chi connectivity index (χ3n) is 13.4. The minimum atomic E-state index is -0.105. The molecule has 0 aliphatic heterocycles. The van der Waals surface area contributed by atoms with Gasteiger partial charge in [-0.1, -0.05) is 75.2 Å². The lowest BCUT2D eigenvalue weighted by Gasteiger charge is -2.67. The average Bonchev–Trinajstić information content (AvgIpc) is 3.00. The SMILES string of the molecule is CC(C)C(C)CCC(C)[C@H]1CCC2(C)C3CCC4C(C)(C)[C@@H](O)CC[C@]4(C)C3CC[C@]12C. The standard InChI is InChI=1S/C31H56O/c1-20(2)21(3)10-11-22(4)23-14-18-31(9)25-12-13-26-28(5,6)27(32)16-17-29(26,7)24(25)15-19-30(23,31)8/h20-27,32H,10-19H2,1-9H3/t21?,22?,23-,24?,25?,26?,27+,29-,30-,31?/m1/s1. The van der Waals surface area contributed by atoms with Gasteiger partial charge in [0, 0.05) is 0 Å². The number of hydrogen-bond donors (Lipinski definition) is 1. The molecule has 4 saturated carbocycles. The quantitative estimate of drug-likeness (QED) is 0.449. The highest BCUT2D eigenvalue weighted by Crippen LogP contribution is 2.74. The van der Waals surface area contributed by atoms with Crippen molar-refractivity contribution in [2.45, 2.75) is 133 Å². The molecule has 1 N–H and O–H groups in total. The summed E-state index contributed by atoms with van der Waals surface area (Å²) in [6.07, 6.45) is 13.6. The van der Waals surface area contributed by atoms with E-state index in [0.717, 1.165) is 41.9 Å². The predicted octanol–water partition coefficient (Wildman–Crippen LogP) is 8.74. The Morgan fingerprint density at radius 3 is 2.03 bits per heavy atom. The number of rotatable bonds is 5. The minimum Gasteiger partial charge on any atom is -0.393 e. The topological polar surface area (TPSA) is 20.2 Å². The van der Waals surface area contributed by atoms with E-state index < -0.39 is 0 Å². The molecule has 186 valence electrons. The Morgan fingerprint density at radius 2 is 1.38 bits per heavy atom. The number of fused-ring (bicyclic) bond motifs is 5. The molecule has 4 aliphatic rings. The largest absolute Gasteiger partial charge is 0.393 e. The molecule has 4 rings (SSSR count). The lowest BCUT2D eigenvalue weighted by atomic mass is 9.38. The van der Waals surface area contributed by atoms with Gasteiger partial charge in [-0.15, -0.1) is 0 Å². The first kappa shape index (κ1) is 25.1. The highest BCUT2D eigenvalue weighted by Gasteiger charge is 2.67. The van der Waals surface area contributed by atoms with Gasteiger partial charge in [0.25, 0.3) is 0 Å². The smallest absolute Gasteiger partial charge is 0.0594 e. The molecule has 0 amide bonds. The van der Waals surface area contributed by atoms with Crippen LogP contribution in [0.15, 0.2) is 0 Å². The number of aliphatic hydroxyl groups is 1. The maximum Gasteiger partial charge on any atom is 0.0594 e. The Balaban J connectivity index is 1.55. The highest BCUT2D eigenvalue weighted by molar-refractivity contribution is 5.16. The van der Waals surface area contributed by atoms with E-state index in [4.69, 9.17) is 0 Å². The van der Waals surface area contributed by atoms with Crippen LogP contribution in [0.4, 0.5) is 0 Å². The second-order valence-corrected chi connectivity index (χ2v) is 15.0. The zero-order valence-corrected chi connectivity index (χ0v) is 23.1. The summed E-state index contributed by atoms with van der Waals surface area (Å²) in [6, 6.07) is 0. The molecule has 6 unspecified atom stereocenters. The van der Waals surface area contributed by atoms with Crippen molar-refractivity contribution < 1.29 is 5.11 Å². The van der Waals surface area contributed by atoms with Crippen LogP contribution < -0.4 is 0 Å². The first-order chi connectivity index (χ1) is 14.8. The van der Waals surface area contributed by atoms with Crippen LogP contribution in [0.5, 0.6) is 0 Å². The summed E-state index contributed by atoms with van der Waals surface area (Å²) >= 11 is 0. The van der Waals surface area contributed by atoms with Crippen molar-refractivity contribution in [2.75, 3.05) is 0 Å². The average molecular weight is 445 g/mol. The van der Waals surface area contributed by atoms with Gasteiger partial charge in [0.1, 0.15) is 0 Å². The minimum absolute atomic E-state index is 0.0828. The van der Waals surface area contributed by atoms with Crippen LogP contribution in [-0.2, 0) is 0 Å². The van der Waals surface area contributed by atoms with Crippen LogP contribution in [0, 0.1) is 63.1 Å². The van der Waals surface area contributed by atoms with E-state index >= 15 is 0 Å². The summed E-state index contributed by atoms with van der Waals surface area (Å²) in [5.74, 6) is 5.94. The predicted molar refractivity (Wildman–Crippen MR) is 137 cm³/mol. The molecule has 1 heteroatoms. The van der Waals surface area contributed by atoms with E-state index in [9.17, 15) is 5.11 Å². The van der Waals surface area contributed by atoms with Crippen molar-refractivity contribution in [1.29, 1.82) is 0 Å². The summed E-state index contributed by atoms with van der Waals surface area (Å²) in [7, 11) is 0. The maximum absolute atomic E-state index is 10.8. The van der Waals surface area contributed by atoms with E-state index in [1.807, 2.05) is 0 Å². The highest BCUT2D eigenvalue weighted by atomic mass is 16.3. The van der Waals surface area contributed by atoms with Gasteiger partial charge in [-0.25, -0.2) is 0 Å².